The molecule has 2 saturated heterocycles. The van der Waals surface area contributed by atoms with Crippen molar-refractivity contribution in [1.82, 2.24) is 15.1 Å². The molecule has 1 atom stereocenters. The van der Waals surface area contributed by atoms with Crippen LogP contribution in [0.4, 0.5) is 0 Å². The third kappa shape index (κ3) is 5.44. The molecular weight excluding hydrogens is 338 g/mol. The molecule has 1 aromatic carbocycles. The van der Waals surface area contributed by atoms with Crippen molar-refractivity contribution >= 4 is 24.2 Å². The number of benzene rings is 1. The lowest BCUT2D eigenvalue weighted by Gasteiger charge is -2.22. The van der Waals surface area contributed by atoms with Gasteiger partial charge in [-0.15, -0.1) is 12.4 Å². The SMILES string of the molecule is Cl.O=C(CCC1CCNC1)N1CCCN(C(=O)c2ccccc2)CC1. The molecule has 2 aliphatic rings. The Morgan fingerprint density at radius 1 is 1.04 bits per heavy atom. The number of carbonyl (C=O) groups excluding carboxylic acids is 2. The molecule has 0 aromatic heterocycles. The topological polar surface area (TPSA) is 52.7 Å². The molecule has 2 fully saturated rings. The predicted octanol–water partition coefficient (Wildman–Crippen LogP) is 2.17. The van der Waals surface area contributed by atoms with Gasteiger partial charge in [-0.3, -0.25) is 9.59 Å². The molecule has 2 heterocycles. The molecule has 0 saturated carbocycles. The first-order valence-corrected chi connectivity index (χ1v) is 9.07. The number of amides is 2. The first-order valence-electron chi connectivity index (χ1n) is 9.07. The summed E-state index contributed by atoms with van der Waals surface area (Å²) in [5, 5.41) is 3.35. The van der Waals surface area contributed by atoms with Gasteiger partial charge in [-0.2, -0.15) is 0 Å². The van der Waals surface area contributed by atoms with Crippen LogP contribution in [0.1, 0.15) is 36.0 Å². The number of rotatable bonds is 4. The van der Waals surface area contributed by atoms with E-state index in [0.717, 1.165) is 44.6 Å². The van der Waals surface area contributed by atoms with Crippen LogP contribution in [0, 0.1) is 5.92 Å². The summed E-state index contributed by atoms with van der Waals surface area (Å²) in [5.74, 6) is 0.968. The molecule has 5 nitrogen and oxygen atoms in total. The van der Waals surface area contributed by atoms with Gasteiger partial charge in [0.05, 0.1) is 0 Å². The van der Waals surface area contributed by atoms with Crippen LogP contribution in [0.15, 0.2) is 30.3 Å². The van der Waals surface area contributed by atoms with Crippen molar-refractivity contribution in [2.75, 3.05) is 39.3 Å². The summed E-state index contributed by atoms with van der Waals surface area (Å²) in [5.41, 5.74) is 0.728. The summed E-state index contributed by atoms with van der Waals surface area (Å²) in [6.07, 6.45) is 3.66. The molecule has 2 amide bonds. The minimum absolute atomic E-state index is 0. The normalized spacial score (nSPS) is 20.7. The van der Waals surface area contributed by atoms with E-state index >= 15 is 0 Å². The molecule has 0 bridgehead atoms. The van der Waals surface area contributed by atoms with E-state index in [9.17, 15) is 9.59 Å². The van der Waals surface area contributed by atoms with E-state index in [-0.39, 0.29) is 24.2 Å². The van der Waals surface area contributed by atoms with Gasteiger partial charge in [-0.1, -0.05) is 18.2 Å². The average Bonchev–Trinajstić information content (AvgIpc) is 3.02. The van der Waals surface area contributed by atoms with E-state index in [2.05, 4.69) is 5.32 Å². The highest BCUT2D eigenvalue weighted by Crippen LogP contribution is 2.16. The molecule has 1 N–H and O–H groups in total. The summed E-state index contributed by atoms with van der Waals surface area (Å²) < 4.78 is 0. The van der Waals surface area contributed by atoms with Crippen molar-refractivity contribution < 1.29 is 9.59 Å². The van der Waals surface area contributed by atoms with E-state index < -0.39 is 0 Å². The Balaban J connectivity index is 0.00000225. The second-order valence-electron chi connectivity index (χ2n) is 6.79. The second-order valence-corrected chi connectivity index (χ2v) is 6.79. The fourth-order valence-corrected chi connectivity index (χ4v) is 3.58. The number of carbonyl (C=O) groups is 2. The van der Waals surface area contributed by atoms with Gasteiger partial charge in [0, 0.05) is 38.2 Å². The molecule has 3 rings (SSSR count). The molecule has 1 unspecified atom stereocenters. The Labute approximate surface area is 156 Å². The smallest absolute Gasteiger partial charge is 0.253 e. The van der Waals surface area contributed by atoms with Gasteiger partial charge in [0.2, 0.25) is 5.91 Å². The van der Waals surface area contributed by atoms with Crippen LogP contribution in [0.2, 0.25) is 0 Å². The molecule has 2 aliphatic heterocycles. The quantitative estimate of drug-likeness (QED) is 0.889. The number of nitrogens with zero attached hydrogens (tertiary/aromatic N) is 2. The highest BCUT2D eigenvalue weighted by molar-refractivity contribution is 5.94. The van der Waals surface area contributed by atoms with Crippen LogP contribution in [-0.2, 0) is 4.79 Å². The van der Waals surface area contributed by atoms with Crippen LogP contribution >= 0.6 is 12.4 Å². The highest BCUT2D eigenvalue weighted by atomic mass is 35.5. The summed E-state index contributed by atoms with van der Waals surface area (Å²) >= 11 is 0. The fourth-order valence-electron chi connectivity index (χ4n) is 3.58. The molecule has 1 aromatic rings. The maximum Gasteiger partial charge on any atom is 0.253 e. The van der Waals surface area contributed by atoms with E-state index in [1.54, 1.807) is 0 Å². The summed E-state index contributed by atoms with van der Waals surface area (Å²) in [7, 11) is 0. The Kier molecular flexibility index (Phi) is 7.72. The summed E-state index contributed by atoms with van der Waals surface area (Å²) in [6.45, 7) is 4.90. The molecule has 138 valence electrons. The van der Waals surface area contributed by atoms with Gasteiger partial charge in [0.25, 0.3) is 5.91 Å². The lowest BCUT2D eigenvalue weighted by Crippen LogP contribution is -2.37. The zero-order chi connectivity index (χ0) is 16.8. The first kappa shape index (κ1) is 19.7. The van der Waals surface area contributed by atoms with Gasteiger partial charge in [-0.25, -0.2) is 0 Å². The van der Waals surface area contributed by atoms with E-state index in [1.165, 1.54) is 6.42 Å². The first-order chi connectivity index (χ1) is 11.7. The number of hydrogen-bond donors (Lipinski definition) is 1. The van der Waals surface area contributed by atoms with Crippen LogP contribution in [0.25, 0.3) is 0 Å². The third-order valence-corrected chi connectivity index (χ3v) is 5.09. The Hall–Kier alpha value is -1.59. The minimum Gasteiger partial charge on any atom is -0.341 e. The van der Waals surface area contributed by atoms with Crippen molar-refractivity contribution in [2.24, 2.45) is 5.92 Å². The van der Waals surface area contributed by atoms with Crippen molar-refractivity contribution in [3.63, 3.8) is 0 Å². The van der Waals surface area contributed by atoms with Crippen molar-refractivity contribution in [3.05, 3.63) is 35.9 Å². The number of hydrogen-bond acceptors (Lipinski definition) is 3. The largest absolute Gasteiger partial charge is 0.341 e. The third-order valence-electron chi connectivity index (χ3n) is 5.09. The molecule has 0 aliphatic carbocycles. The Bertz CT molecular complexity index is 561. The fraction of sp³-hybridized carbons (Fsp3) is 0.579. The minimum atomic E-state index is 0. The maximum atomic E-state index is 12.5. The summed E-state index contributed by atoms with van der Waals surface area (Å²) in [4.78, 5) is 28.8. The lowest BCUT2D eigenvalue weighted by atomic mass is 10.0. The van der Waals surface area contributed by atoms with Crippen molar-refractivity contribution in [1.29, 1.82) is 0 Å². The average molecular weight is 366 g/mol. The van der Waals surface area contributed by atoms with Crippen LogP contribution in [0.3, 0.4) is 0 Å². The standard InChI is InChI=1S/C19H27N3O2.ClH/c23-18(8-7-16-9-10-20-15-16)21-11-4-12-22(14-13-21)19(24)17-5-2-1-3-6-17;/h1-3,5-6,16,20H,4,7-15H2;1H. The number of nitrogens with one attached hydrogen (secondary N) is 1. The van der Waals surface area contributed by atoms with E-state index in [4.69, 9.17) is 0 Å². The van der Waals surface area contributed by atoms with E-state index in [0.29, 0.717) is 25.4 Å². The monoisotopic (exact) mass is 365 g/mol. The Morgan fingerprint density at radius 2 is 1.76 bits per heavy atom. The second kappa shape index (κ2) is 9.78. The van der Waals surface area contributed by atoms with E-state index in [1.807, 2.05) is 40.1 Å². The molecule has 25 heavy (non-hydrogen) atoms. The van der Waals surface area contributed by atoms with Gasteiger partial charge >= 0.3 is 0 Å². The van der Waals surface area contributed by atoms with Crippen LogP contribution < -0.4 is 5.32 Å². The van der Waals surface area contributed by atoms with Gasteiger partial charge in [0.15, 0.2) is 0 Å². The molecule has 6 heteroatoms. The maximum absolute atomic E-state index is 12.5. The van der Waals surface area contributed by atoms with Gasteiger partial charge in [-0.05, 0) is 50.4 Å². The summed E-state index contributed by atoms with van der Waals surface area (Å²) in [6, 6.07) is 9.40. The van der Waals surface area contributed by atoms with Crippen LogP contribution in [-0.4, -0.2) is 60.9 Å². The highest BCUT2D eigenvalue weighted by Gasteiger charge is 2.23. The van der Waals surface area contributed by atoms with Crippen LogP contribution in [0.5, 0.6) is 0 Å². The molecule has 0 radical (unpaired) electrons. The van der Waals surface area contributed by atoms with Crippen molar-refractivity contribution in [3.8, 4) is 0 Å². The predicted molar refractivity (Wildman–Crippen MR) is 101 cm³/mol. The molecule has 0 spiro atoms. The van der Waals surface area contributed by atoms with Gasteiger partial charge in [0.1, 0.15) is 0 Å². The van der Waals surface area contributed by atoms with Gasteiger partial charge < -0.3 is 15.1 Å². The zero-order valence-corrected chi connectivity index (χ0v) is 15.5. The molecular formula is C19H28ClN3O2. The number of halogens is 1. The Morgan fingerprint density at radius 3 is 2.48 bits per heavy atom. The zero-order valence-electron chi connectivity index (χ0n) is 14.7. The lowest BCUT2D eigenvalue weighted by molar-refractivity contribution is -0.131. The van der Waals surface area contributed by atoms with Crippen molar-refractivity contribution in [2.45, 2.75) is 25.7 Å².